The molecular formula is C24H31N5O2. The second-order valence-corrected chi connectivity index (χ2v) is 8.65. The minimum Gasteiger partial charge on any atom is -0.457 e. The van der Waals surface area contributed by atoms with Gasteiger partial charge in [-0.1, -0.05) is 26.7 Å². The van der Waals surface area contributed by atoms with Crippen molar-refractivity contribution in [1.29, 1.82) is 0 Å². The fourth-order valence-corrected chi connectivity index (χ4v) is 4.54. The molecular weight excluding hydrogens is 390 g/mol. The van der Waals surface area contributed by atoms with E-state index in [-0.39, 0.29) is 5.91 Å². The molecule has 1 unspecified atom stereocenters. The summed E-state index contributed by atoms with van der Waals surface area (Å²) in [5.74, 6) is 3.22. The molecule has 1 aliphatic carbocycles. The number of rotatable bonds is 6. The fraction of sp³-hybridized carbons (Fsp3) is 0.458. The van der Waals surface area contributed by atoms with Crippen LogP contribution in [-0.4, -0.2) is 33.5 Å². The molecule has 0 spiro atoms. The first-order valence-corrected chi connectivity index (χ1v) is 11.0. The number of amides is 1. The second-order valence-electron chi connectivity index (χ2n) is 8.65. The third-order valence-electron chi connectivity index (χ3n) is 6.27. The molecule has 1 aromatic carbocycles. The zero-order valence-corrected chi connectivity index (χ0v) is 18.7. The second kappa shape index (κ2) is 8.96. The molecule has 0 saturated heterocycles. The highest BCUT2D eigenvalue weighted by Crippen LogP contribution is 2.33. The van der Waals surface area contributed by atoms with Crippen LogP contribution in [-0.2, 0) is 7.05 Å². The van der Waals surface area contributed by atoms with Gasteiger partial charge >= 0.3 is 0 Å². The molecule has 3 aromatic rings. The summed E-state index contributed by atoms with van der Waals surface area (Å²) in [4.78, 5) is 20.7. The largest absolute Gasteiger partial charge is 0.457 e. The zero-order valence-electron chi connectivity index (χ0n) is 18.7. The van der Waals surface area contributed by atoms with Gasteiger partial charge in [0.25, 0.3) is 5.91 Å². The average Bonchev–Trinajstić information content (AvgIpc) is 3.08. The Hall–Kier alpha value is -3.09. The number of pyridine rings is 1. The molecule has 7 nitrogen and oxygen atoms in total. The van der Waals surface area contributed by atoms with Crippen LogP contribution in [0.15, 0.2) is 36.5 Å². The molecule has 0 bridgehead atoms. The molecule has 1 fully saturated rings. The van der Waals surface area contributed by atoms with Crippen molar-refractivity contribution < 1.29 is 9.53 Å². The lowest BCUT2D eigenvalue weighted by atomic mass is 9.78. The van der Waals surface area contributed by atoms with Crippen LogP contribution in [0.5, 0.6) is 11.5 Å². The Morgan fingerprint density at radius 2 is 1.94 bits per heavy atom. The fourth-order valence-electron chi connectivity index (χ4n) is 4.54. The lowest BCUT2D eigenvalue weighted by molar-refractivity contribution is 0.0958. The molecule has 0 radical (unpaired) electrons. The SMILES string of the molecule is CNC(=O)c1cc(Oc2ccc3c(c2)nc(N[C@@H]2CCCCC2C(C)C)n3C)ccn1. The summed E-state index contributed by atoms with van der Waals surface area (Å²) in [6.07, 6.45) is 6.63. The summed E-state index contributed by atoms with van der Waals surface area (Å²) in [6.45, 7) is 4.63. The monoisotopic (exact) mass is 421 g/mol. The molecule has 2 atom stereocenters. The highest BCUT2D eigenvalue weighted by molar-refractivity contribution is 5.92. The number of ether oxygens (including phenoxy) is 1. The van der Waals surface area contributed by atoms with Gasteiger partial charge in [-0.15, -0.1) is 0 Å². The summed E-state index contributed by atoms with van der Waals surface area (Å²) in [5.41, 5.74) is 2.24. The number of anilines is 1. The van der Waals surface area contributed by atoms with Crippen molar-refractivity contribution in [3.63, 3.8) is 0 Å². The third-order valence-corrected chi connectivity index (χ3v) is 6.27. The number of fused-ring (bicyclic) bond motifs is 1. The number of carbonyl (C=O) groups is 1. The minimum atomic E-state index is -0.247. The van der Waals surface area contributed by atoms with Crippen molar-refractivity contribution in [2.24, 2.45) is 18.9 Å². The standard InChI is InChI=1S/C24H31N5O2/c1-15(2)18-7-5-6-8-19(18)27-24-28-20-13-16(9-10-22(20)29(24)4)31-17-11-12-26-21(14-17)23(30)25-3/h9-15,18-19H,5-8H2,1-4H3,(H,25,30)(H,27,28)/t18?,19-/m1/s1. The van der Waals surface area contributed by atoms with Crippen molar-refractivity contribution in [3.05, 3.63) is 42.2 Å². The predicted molar refractivity (Wildman–Crippen MR) is 123 cm³/mol. The molecule has 1 amide bonds. The number of nitrogens with one attached hydrogen (secondary N) is 2. The molecule has 31 heavy (non-hydrogen) atoms. The normalized spacial score (nSPS) is 18.9. The molecule has 1 aliphatic rings. The summed E-state index contributed by atoms with van der Waals surface area (Å²) in [5, 5.41) is 6.30. The first kappa shape index (κ1) is 21.2. The van der Waals surface area contributed by atoms with E-state index in [4.69, 9.17) is 9.72 Å². The lowest BCUT2D eigenvalue weighted by Gasteiger charge is -2.35. The van der Waals surface area contributed by atoms with Crippen molar-refractivity contribution in [2.75, 3.05) is 12.4 Å². The number of hydrogen-bond donors (Lipinski definition) is 2. The van der Waals surface area contributed by atoms with Crippen molar-refractivity contribution >= 4 is 22.9 Å². The van der Waals surface area contributed by atoms with Gasteiger partial charge in [0.1, 0.15) is 17.2 Å². The highest BCUT2D eigenvalue weighted by Gasteiger charge is 2.28. The Bertz CT molecular complexity index is 1080. The van der Waals surface area contributed by atoms with E-state index in [1.54, 1.807) is 25.4 Å². The topological polar surface area (TPSA) is 81.1 Å². The number of aryl methyl sites for hydroxylation is 1. The van der Waals surface area contributed by atoms with Gasteiger partial charge in [-0.05, 0) is 42.9 Å². The third kappa shape index (κ3) is 4.50. The van der Waals surface area contributed by atoms with Crippen LogP contribution in [0, 0.1) is 11.8 Å². The summed E-state index contributed by atoms with van der Waals surface area (Å²) < 4.78 is 8.09. The molecule has 0 aliphatic heterocycles. The van der Waals surface area contributed by atoms with E-state index in [0.717, 1.165) is 17.0 Å². The minimum absolute atomic E-state index is 0.247. The molecule has 4 rings (SSSR count). The average molecular weight is 422 g/mol. The molecule has 2 aromatic heterocycles. The Balaban J connectivity index is 1.56. The van der Waals surface area contributed by atoms with Crippen LogP contribution >= 0.6 is 0 Å². The van der Waals surface area contributed by atoms with Gasteiger partial charge in [0.2, 0.25) is 5.95 Å². The van der Waals surface area contributed by atoms with Crippen LogP contribution in [0.25, 0.3) is 11.0 Å². The summed E-state index contributed by atoms with van der Waals surface area (Å²) in [7, 11) is 3.62. The highest BCUT2D eigenvalue weighted by atomic mass is 16.5. The first-order chi connectivity index (χ1) is 15.0. The Morgan fingerprint density at radius 3 is 2.71 bits per heavy atom. The summed E-state index contributed by atoms with van der Waals surface area (Å²) >= 11 is 0. The van der Waals surface area contributed by atoms with Crippen LogP contribution in [0.2, 0.25) is 0 Å². The van der Waals surface area contributed by atoms with Gasteiger partial charge in [-0.3, -0.25) is 9.78 Å². The summed E-state index contributed by atoms with van der Waals surface area (Å²) in [6, 6.07) is 9.69. The van der Waals surface area contributed by atoms with Gasteiger partial charge < -0.3 is 19.9 Å². The maximum absolute atomic E-state index is 11.8. The van der Waals surface area contributed by atoms with Crippen LogP contribution in [0.1, 0.15) is 50.0 Å². The van der Waals surface area contributed by atoms with Crippen LogP contribution in [0.3, 0.4) is 0 Å². The van der Waals surface area contributed by atoms with Crippen LogP contribution in [0.4, 0.5) is 5.95 Å². The lowest BCUT2D eigenvalue weighted by Crippen LogP contribution is -2.36. The van der Waals surface area contributed by atoms with E-state index < -0.39 is 0 Å². The molecule has 2 N–H and O–H groups in total. The van der Waals surface area contributed by atoms with E-state index in [2.05, 4.69) is 34.0 Å². The first-order valence-electron chi connectivity index (χ1n) is 11.0. The van der Waals surface area contributed by atoms with Crippen LogP contribution < -0.4 is 15.4 Å². The maximum Gasteiger partial charge on any atom is 0.269 e. The van der Waals surface area contributed by atoms with Gasteiger partial charge in [0, 0.05) is 38.5 Å². The number of imidazole rings is 1. The molecule has 164 valence electrons. The van der Waals surface area contributed by atoms with E-state index >= 15 is 0 Å². The van der Waals surface area contributed by atoms with Gasteiger partial charge in [0.05, 0.1) is 11.0 Å². The molecule has 1 saturated carbocycles. The van der Waals surface area contributed by atoms with Crippen molar-refractivity contribution in [3.8, 4) is 11.5 Å². The number of aromatic nitrogens is 3. The Kier molecular flexibility index (Phi) is 6.11. The van der Waals surface area contributed by atoms with Crippen molar-refractivity contribution in [1.82, 2.24) is 19.9 Å². The quantitative estimate of drug-likeness (QED) is 0.600. The smallest absolute Gasteiger partial charge is 0.269 e. The Labute approximate surface area is 183 Å². The Morgan fingerprint density at radius 1 is 1.16 bits per heavy atom. The van der Waals surface area contributed by atoms with E-state index in [1.165, 1.54) is 25.7 Å². The predicted octanol–water partition coefficient (Wildman–Crippen LogP) is 4.75. The molecule has 7 heteroatoms. The number of hydrogen-bond acceptors (Lipinski definition) is 5. The van der Waals surface area contributed by atoms with Gasteiger partial charge in [-0.2, -0.15) is 0 Å². The maximum atomic E-state index is 11.8. The van der Waals surface area contributed by atoms with E-state index in [1.807, 2.05) is 25.2 Å². The van der Waals surface area contributed by atoms with Gasteiger partial charge in [0.15, 0.2) is 0 Å². The van der Waals surface area contributed by atoms with Gasteiger partial charge in [-0.25, -0.2) is 4.98 Å². The number of benzene rings is 1. The number of carbonyl (C=O) groups excluding carboxylic acids is 1. The zero-order chi connectivity index (χ0) is 22.0. The van der Waals surface area contributed by atoms with E-state index in [0.29, 0.717) is 35.1 Å². The van der Waals surface area contributed by atoms with Crippen molar-refractivity contribution in [2.45, 2.75) is 45.6 Å². The molecule has 2 heterocycles. The van der Waals surface area contributed by atoms with E-state index in [9.17, 15) is 4.79 Å². The number of nitrogens with zero attached hydrogens (tertiary/aromatic N) is 3.